The minimum atomic E-state index is -4.43. The SMILES string of the molecule is C[C@@H](c1ccc(S(C)(=O)=O)cc1)N(C)Cc1nc2cc(C(F)(F)F)ccc2o1. The van der Waals surface area contributed by atoms with Gasteiger partial charge in [0, 0.05) is 12.3 Å². The number of aromatic nitrogens is 1. The number of fused-ring (bicyclic) bond motifs is 1. The Morgan fingerprint density at radius 2 is 1.79 bits per heavy atom. The lowest BCUT2D eigenvalue weighted by atomic mass is 10.1. The van der Waals surface area contributed by atoms with E-state index >= 15 is 0 Å². The Morgan fingerprint density at radius 1 is 1.14 bits per heavy atom. The minimum Gasteiger partial charge on any atom is -0.439 e. The van der Waals surface area contributed by atoms with Crippen LogP contribution >= 0.6 is 0 Å². The molecule has 0 aliphatic rings. The lowest BCUT2D eigenvalue weighted by molar-refractivity contribution is -0.137. The quantitative estimate of drug-likeness (QED) is 0.620. The van der Waals surface area contributed by atoms with Gasteiger partial charge in [-0.3, -0.25) is 4.90 Å². The lowest BCUT2D eigenvalue weighted by Crippen LogP contribution is -2.22. The molecule has 5 nitrogen and oxygen atoms in total. The molecule has 9 heteroatoms. The van der Waals surface area contributed by atoms with Crippen LogP contribution in [0.3, 0.4) is 0 Å². The number of nitrogens with zero attached hydrogens (tertiary/aromatic N) is 2. The maximum Gasteiger partial charge on any atom is 0.416 e. The third-order valence-corrected chi connectivity index (χ3v) is 5.72. The molecule has 0 saturated heterocycles. The van der Waals surface area contributed by atoms with Crippen molar-refractivity contribution >= 4 is 20.9 Å². The second kappa shape index (κ2) is 7.21. The first kappa shape index (κ1) is 20.3. The van der Waals surface area contributed by atoms with Gasteiger partial charge in [-0.15, -0.1) is 0 Å². The van der Waals surface area contributed by atoms with E-state index in [-0.39, 0.29) is 23.0 Å². The van der Waals surface area contributed by atoms with E-state index in [9.17, 15) is 21.6 Å². The van der Waals surface area contributed by atoms with E-state index in [4.69, 9.17) is 4.42 Å². The van der Waals surface area contributed by atoms with Crippen LogP contribution in [0.15, 0.2) is 51.8 Å². The Morgan fingerprint density at radius 3 is 2.36 bits per heavy atom. The highest BCUT2D eigenvalue weighted by Crippen LogP contribution is 2.32. The average Bonchev–Trinajstić information content (AvgIpc) is 3.01. The van der Waals surface area contributed by atoms with Gasteiger partial charge in [-0.05, 0) is 49.9 Å². The molecule has 1 atom stereocenters. The van der Waals surface area contributed by atoms with E-state index in [0.717, 1.165) is 24.0 Å². The molecule has 1 heterocycles. The summed E-state index contributed by atoms with van der Waals surface area (Å²) in [5.74, 6) is 0.302. The Hall–Kier alpha value is -2.39. The Bertz CT molecular complexity index is 1090. The van der Waals surface area contributed by atoms with Crippen LogP contribution < -0.4 is 0 Å². The smallest absolute Gasteiger partial charge is 0.416 e. The molecule has 0 aliphatic carbocycles. The van der Waals surface area contributed by atoms with Crippen LogP contribution in [0.4, 0.5) is 13.2 Å². The van der Waals surface area contributed by atoms with Gasteiger partial charge in [-0.2, -0.15) is 13.2 Å². The molecule has 0 saturated carbocycles. The van der Waals surface area contributed by atoms with E-state index in [0.29, 0.717) is 11.5 Å². The van der Waals surface area contributed by atoms with Crippen molar-refractivity contribution < 1.29 is 26.0 Å². The zero-order valence-corrected chi connectivity index (χ0v) is 16.3. The van der Waals surface area contributed by atoms with E-state index in [1.54, 1.807) is 24.3 Å². The number of benzene rings is 2. The second-order valence-corrected chi connectivity index (χ2v) is 8.74. The molecule has 0 unspecified atom stereocenters. The van der Waals surface area contributed by atoms with E-state index in [2.05, 4.69) is 4.98 Å². The number of hydrogen-bond donors (Lipinski definition) is 0. The van der Waals surface area contributed by atoms with Gasteiger partial charge < -0.3 is 4.42 Å². The first-order valence-corrected chi connectivity index (χ1v) is 10.3. The zero-order valence-electron chi connectivity index (χ0n) is 15.5. The fourth-order valence-electron chi connectivity index (χ4n) is 2.82. The highest BCUT2D eigenvalue weighted by molar-refractivity contribution is 7.90. The molecule has 0 aliphatic heterocycles. The van der Waals surface area contributed by atoms with Gasteiger partial charge in [0.05, 0.1) is 17.0 Å². The Balaban J connectivity index is 1.77. The van der Waals surface area contributed by atoms with Crippen molar-refractivity contribution in [2.45, 2.75) is 30.6 Å². The highest BCUT2D eigenvalue weighted by atomic mass is 32.2. The summed E-state index contributed by atoms with van der Waals surface area (Å²) in [5, 5.41) is 0. The number of oxazole rings is 1. The average molecular weight is 412 g/mol. The van der Waals surface area contributed by atoms with Crippen molar-refractivity contribution in [1.82, 2.24) is 9.88 Å². The third-order valence-electron chi connectivity index (χ3n) is 4.60. The van der Waals surface area contributed by atoms with Gasteiger partial charge in [-0.1, -0.05) is 12.1 Å². The maximum absolute atomic E-state index is 12.8. The van der Waals surface area contributed by atoms with Gasteiger partial charge in [0.15, 0.2) is 15.4 Å². The number of halogens is 3. The lowest BCUT2D eigenvalue weighted by Gasteiger charge is -2.23. The molecule has 0 fully saturated rings. The van der Waals surface area contributed by atoms with Crippen LogP contribution in [0.25, 0.3) is 11.1 Å². The van der Waals surface area contributed by atoms with Gasteiger partial charge in [0.25, 0.3) is 0 Å². The molecule has 0 spiro atoms. The number of rotatable bonds is 5. The first-order valence-electron chi connectivity index (χ1n) is 8.42. The zero-order chi connectivity index (χ0) is 20.7. The van der Waals surface area contributed by atoms with Gasteiger partial charge in [0.2, 0.25) is 5.89 Å². The fourth-order valence-corrected chi connectivity index (χ4v) is 3.45. The predicted octanol–water partition coefficient (Wildman–Crippen LogP) is 4.44. The van der Waals surface area contributed by atoms with Crippen LogP contribution in [0, 0.1) is 0 Å². The van der Waals surface area contributed by atoms with Crippen molar-refractivity contribution in [3.63, 3.8) is 0 Å². The molecular formula is C19H19F3N2O3S. The summed E-state index contributed by atoms with van der Waals surface area (Å²) >= 11 is 0. The molecule has 3 rings (SSSR count). The van der Waals surface area contributed by atoms with Crippen LogP contribution in [0.2, 0.25) is 0 Å². The summed E-state index contributed by atoms with van der Waals surface area (Å²) in [6.45, 7) is 2.21. The number of hydrogen-bond acceptors (Lipinski definition) is 5. The second-order valence-electron chi connectivity index (χ2n) is 6.72. The molecule has 28 heavy (non-hydrogen) atoms. The highest BCUT2D eigenvalue weighted by Gasteiger charge is 2.31. The predicted molar refractivity (Wildman–Crippen MR) is 98.4 cm³/mol. The van der Waals surface area contributed by atoms with Crippen LogP contribution in [0.1, 0.15) is 30.0 Å². The number of sulfone groups is 1. The van der Waals surface area contributed by atoms with Crippen LogP contribution in [-0.4, -0.2) is 31.6 Å². The molecular weight excluding hydrogens is 393 g/mol. The molecule has 0 N–H and O–H groups in total. The third kappa shape index (κ3) is 4.36. The molecule has 150 valence electrons. The largest absolute Gasteiger partial charge is 0.439 e. The summed E-state index contributed by atoms with van der Waals surface area (Å²) in [6.07, 6.45) is -3.29. The summed E-state index contributed by atoms with van der Waals surface area (Å²) in [6, 6.07) is 9.68. The Labute approximate surface area is 160 Å². The van der Waals surface area contributed by atoms with Gasteiger partial charge >= 0.3 is 6.18 Å². The van der Waals surface area contributed by atoms with Gasteiger partial charge in [0.1, 0.15) is 5.52 Å². The summed E-state index contributed by atoms with van der Waals surface area (Å²) in [7, 11) is -1.44. The van der Waals surface area contributed by atoms with E-state index < -0.39 is 21.6 Å². The molecule has 3 aromatic rings. The van der Waals surface area contributed by atoms with Crippen molar-refractivity contribution in [3.05, 3.63) is 59.5 Å². The number of alkyl halides is 3. The van der Waals surface area contributed by atoms with E-state index in [1.165, 1.54) is 6.07 Å². The maximum atomic E-state index is 12.8. The molecule has 0 bridgehead atoms. The minimum absolute atomic E-state index is 0.0886. The monoisotopic (exact) mass is 412 g/mol. The summed E-state index contributed by atoms with van der Waals surface area (Å²) in [4.78, 5) is 6.31. The summed E-state index contributed by atoms with van der Waals surface area (Å²) in [5.41, 5.74) is 0.572. The topological polar surface area (TPSA) is 63.4 Å². The molecule has 0 radical (unpaired) electrons. The van der Waals surface area contributed by atoms with Crippen LogP contribution in [-0.2, 0) is 22.6 Å². The first-order chi connectivity index (χ1) is 12.9. The summed E-state index contributed by atoms with van der Waals surface area (Å²) < 4.78 is 67.1. The van der Waals surface area contributed by atoms with E-state index in [1.807, 2.05) is 18.9 Å². The van der Waals surface area contributed by atoms with Crippen molar-refractivity contribution in [2.75, 3.05) is 13.3 Å². The molecule has 1 aromatic heterocycles. The fraction of sp³-hybridized carbons (Fsp3) is 0.316. The van der Waals surface area contributed by atoms with Crippen molar-refractivity contribution in [2.24, 2.45) is 0 Å². The van der Waals surface area contributed by atoms with Crippen molar-refractivity contribution in [1.29, 1.82) is 0 Å². The Kier molecular flexibility index (Phi) is 5.24. The molecule has 0 amide bonds. The standard InChI is InChI=1S/C19H19F3N2O3S/c1-12(13-4-7-15(8-5-13)28(3,25)26)24(2)11-18-23-16-10-14(19(20,21)22)6-9-17(16)27-18/h4-10,12H,11H2,1-3H3/t12-/m0/s1. The van der Waals surface area contributed by atoms with Gasteiger partial charge in [-0.25, -0.2) is 13.4 Å². The van der Waals surface area contributed by atoms with Crippen molar-refractivity contribution in [3.8, 4) is 0 Å². The van der Waals surface area contributed by atoms with Crippen LogP contribution in [0.5, 0.6) is 0 Å². The molecule has 2 aromatic carbocycles. The normalized spacial score (nSPS) is 14.0.